The van der Waals surface area contributed by atoms with E-state index in [0.717, 1.165) is 24.9 Å². The minimum Gasteiger partial charge on any atom is -0.478 e. The summed E-state index contributed by atoms with van der Waals surface area (Å²) >= 11 is 0. The third kappa shape index (κ3) is 9.24. The number of aliphatic hydroxyl groups excluding tert-OH is 1. The van der Waals surface area contributed by atoms with E-state index in [0.29, 0.717) is 12.5 Å². The van der Waals surface area contributed by atoms with Crippen LogP contribution >= 0.6 is 0 Å². The number of nitrogens with one attached hydrogen (secondary N) is 1. The van der Waals surface area contributed by atoms with Gasteiger partial charge in [0.2, 0.25) is 5.88 Å². The van der Waals surface area contributed by atoms with Crippen LogP contribution in [0.15, 0.2) is 18.3 Å². The number of rotatable bonds is 15. The van der Waals surface area contributed by atoms with Crippen molar-refractivity contribution in [2.45, 2.75) is 77.7 Å². The fourth-order valence-electron chi connectivity index (χ4n) is 2.71. The first-order chi connectivity index (χ1) is 11.8. The molecule has 0 unspecified atom stereocenters. The number of pyridine rings is 1. The molecule has 1 aromatic rings. The van der Waals surface area contributed by atoms with Gasteiger partial charge in [0.25, 0.3) is 0 Å². The van der Waals surface area contributed by atoms with E-state index in [9.17, 15) is 5.11 Å². The van der Waals surface area contributed by atoms with Crippen LogP contribution < -0.4 is 10.1 Å². The maximum absolute atomic E-state index is 9.59. The van der Waals surface area contributed by atoms with Crippen LogP contribution in [0.3, 0.4) is 0 Å². The Hall–Kier alpha value is -1.13. The molecular formula is C20H36N2O2. The first kappa shape index (κ1) is 20.9. The van der Waals surface area contributed by atoms with Gasteiger partial charge >= 0.3 is 0 Å². The molecule has 0 spiro atoms. The zero-order valence-electron chi connectivity index (χ0n) is 15.6. The van der Waals surface area contributed by atoms with Gasteiger partial charge in [-0.3, -0.25) is 0 Å². The van der Waals surface area contributed by atoms with Crippen molar-refractivity contribution < 1.29 is 9.84 Å². The molecule has 1 heterocycles. The van der Waals surface area contributed by atoms with Crippen molar-refractivity contribution in [3.8, 4) is 5.88 Å². The molecule has 4 heteroatoms. The van der Waals surface area contributed by atoms with Gasteiger partial charge in [0, 0.05) is 12.3 Å². The van der Waals surface area contributed by atoms with Gasteiger partial charge in [-0.15, -0.1) is 0 Å². The van der Waals surface area contributed by atoms with Gasteiger partial charge in [0.15, 0.2) is 0 Å². The molecule has 0 aliphatic rings. The van der Waals surface area contributed by atoms with Crippen LogP contribution in [0.4, 0.5) is 0 Å². The third-order valence-corrected chi connectivity index (χ3v) is 4.22. The highest BCUT2D eigenvalue weighted by molar-refractivity contribution is 5.20. The Labute approximate surface area is 148 Å². The molecule has 0 amide bonds. The van der Waals surface area contributed by atoms with E-state index in [1.54, 1.807) is 6.20 Å². The predicted octanol–water partition coefficient (Wildman–Crippen LogP) is 4.63. The van der Waals surface area contributed by atoms with Gasteiger partial charge < -0.3 is 15.2 Å². The van der Waals surface area contributed by atoms with Crippen LogP contribution in [0.5, 0.6) is 5.88 Å². The van der Waals surface area contributed by atoms with Crippen molar-refractivity contribution in [3.05, 3.63) is 23.9 Å². The smallest absolute Gasteiger partial charge is 0.213 e. The average molecular weight is 337 g/mol. The first-order valence-electron chi connectivity index (χ1n) is 9.74. The second kappa shape index (κ2) is 14.2. The predicted molar refractivity (Wildman–Crippen MR) is 100 cm³/mol. The Kier molecular flexibility index (Phi) is 12.4. The van der Waals surface area contributed by atoms with Crippen LogP contribution in [0, 0.1) is 0 Å². The summed E-state index contributed by atoms with van der Waals surface area (Å²) in [6, 6.07) is 3.83. The molecule has 0 radical (unpaired) electrons. The quantitative estimate of drug-likeness (QED) is 0.458. The van der Waals surface area contributed by atoms with E-state index in [4.69, 9.17) is 4.74 Å². The van der Waals surface area contributed by atoms with Crippen LogP contribution in [0.25, 0.3) is 0 Å². The molecule has 0 aliphatic carbocycles. The van der Waals surface area contributed by atoms with Crippen molar-refractivity contribution >= 4 is 0 Å². The lowest BCUT2D eigenvalue weighted by Crippen LogP contribution is -2.25. The molecule has 0 aliphatic heterocycles. The molecule has 138 valence electrons. The van der Waals surface area contributed by atoms with Gasteiger partial charge in [0.1, 0.15) is 0 Å². The topological polar surface area (TPSA) is 54.4 Å². The number of nitrogens with zero attached hydrogens (tertiary/aromatic N) is 1. The lowest BCUT2D eigenvalue weighted by molar-refractivity contribution is 0.243. The van der Waals surface area contributed by atoms with E-state index in [1.807, 2.05) is 12.1 Å². The standard InChI is InChI=1S/C20H36N2O2/c1-3-5-6-7-8-9-10-11-14-21-19(17-23)18-12-13-20(22-16-18)24-15-4-2/h12-13,16,19,21,23H,3-11,14-15,17H2,1-2H3/t19-/m0/s1. The van der Waals surface area contributed by atoms with E-state index in [-0.39, 0.29) is 12.6 Å². The van der Waals surface area contributed by atoms with Crippen molar-refractivity contribution in [1.29, 1.82) is 0 Å². The molecule has 0 bridgehead atoms. The Morgan fingerprint density at radius 2 is 1.71 bits per heavy atom. The minimum atomic E-state index is -0.0396. The molecular weight excluding hydrogens is 300 g/mol. The monoisotopic (exact) mass is 336 g/mol. The number of hydrogen-bond donors (Lipinski definition) is 2. The SMILES string of the molecule is CCCCCCCCCCN[C@@H](CO)c1ccc(OCCC)nc1. The average Bonchev–Trinajstić information content (AvgIpc) is 2.62. The Bertz CT molecular complexity index is 395. The van der Waals surface area contributed by atoms with Crippen molar-refractivity contribution in [1.82, 2.24) is 10.3 Å². The summed E-state index contributed by atoms with van der Waals surface area (Å²) in [5, 5.41) is 13.0. The molecule has 0 fully saturated rings. The van der Waals surface area contributed by atoms with Gasteiger partial charge in [-0.1, -0.05) is 64.9 Å². The highest BCUT2D eigenvalue weighted by Crippen LogP contribution is 2.15. The summed E-state index contributed by atoms with van der Waals surface area (Å²) in [6.07, 6.45) is 13.3. The summed E-state index contributed by atoms with van der Waals surface area (Å²) in [7, 11) is 0. The summed E-state index contributed by atoms with van der Waals surface area (Å²) in [5.74, 6) is 0.653. The normalized spacial score (nSPS) is 12.3. The fraction of sp³-hybridized carbons (Fsp3) is 0.750. The van der Waals surface area contributed by atoms with Gasteiger partial charge in [-0.2, -0.15) is 0 Å². The molecule has 0 saturated heterocycles. The Morgan fingerprint density at radius 1 is 1.00 bits per heavy atom. The number of hydrogen-bond acceptors (Lipinski definition) is 4. The molecule has 0 aromatic carbocycles. The lowest BCUT2D eigenvalue weighted by Gasteiger charge is -2.16. The van der Waals surface area contributed by atoms with E-state index in [2.05, 4.69) is 24.1 Å². The molecule has 1 rings (SSSR count). The maximum atomic E-state index is 9.59. The van der Waals surface area contributed by atoms with Gasteiger partial charge in [-0.05, 0) is 24.9 Å². The summed E-state index contributed by atoms with van der Waals surface area (Å²) in [4.78, 5) is 4.30. The Morgan fingerprint density at radius 3 is 2.29 bits per heavy atom. The molecule has 1 aromatic heterocycles. The van der Waals surface area contributed by atoms with Crippen molar-refractivity contribution in [2.75, 3.05) is 19.8 Å². The largest absolute Gasteiger partial charge is 0.478 e. The molecule has 1 atom stereocenters. The maximum Gasteiger partial charge on any atom is 0.213 e. The van der Waals surface area contributed by atoms with Crippen molar-refractivity contribution in [3.63, 3.8) is 0 Å². The van der Waals surface area contributed by atoms with Crippen LogP contribution in [-0.4, -0.2) is 29.8 Å². The fourth-order valence-corrected chi connectivity index (χ4v) is 2.71. The highest BCUT2D eigenvalue weighted by Gasteiger charge is 2.10. The number of aliphatic hydroxyl groups is 1. The number of unbranched alkanes of at least 4 members (excludes halogenated alkanes) is 7. The second-order valence-electron chi connectivity index (χ2n) is 6.44. The zero-order valence-corrected chi connectivity index (χ0v) is 15.6. The van der Waals surface area contributed by atoms with E-state index in [1.165, 1.54) is 44.9 Å². The Balaban J connectivity index is 2.17. The highest BCUT2D eigenvalue weighted by atomic mass is 16.5. The number of ether oxygens (including phenoxy) is 1. The minimum absolute atomic E-state index is 0.0396. The first-order valence-corrected chi connectivity index (χ1v) is 9.74. The number of aromatic nitrogens is 1. The second-order valence-corrected chi connectivity index (χ2v) is 6.44. The van der Waals surface area contributed by atoms with E-state index >= 15 is 0 Å². The van der Waals surface area contributed by atoms with Gasteiger partial charge in [0.05, 0.1) is 19.3 Å². The lowest BCUT2D eigenvalue weighted by atomic mass is 10.1. The molecule has 24 heavy (non-hydrogen) atoms. The summed E-state index contributed by atoms with van der Waals surface area (Å²) < 4.78 is 5.49. The van der Waals surface area contributed by atoms with Crippen molar-refractivity contribution in [2.24, 2.45) is 0 Å². The third-order valence-electron chi connectivity index (χ3n) is 4.22. The zero-order chi connectivity index (χ0) is 17.5. The molecule has 4 nitrogen and oxygen atoms in total. The van der Waals surface area contributed by atoms with E-state index < -0.39 is 0 Å². The van der Waals surface area contributed by atoms with Crippen LogP contribution in [0.2, 0.25) is 0 Å². The summed E-state index contributed by atoms with van der Waals surface area (Å²) in [5.41, 5.74) is 1.01. The van der Waals surface area contributed by atoms with Crippen LogP contribution in [-0.2, 0) is 0 Å². The molecule has 2 N–H and O–H groups in total. The van der Waals surface area contributed by atoms with Gasteiger partial charge in [-0.25, -0.2) is 4.98 Å². The van der Waals surface area contributed by atoms with Crippen LogP contribution in [0.1, 0.15) is 83.2 Å². The molecule has 0 saturated carbocycles. The summed E-state index contributed by atoms with van der Waals surface area (Å²) in [6.45, 7) is 6.05.